The quantitative estimate of drug-likeness (QED) is 0.724. The SMILES string of the molecule is CN(CC(C)(C)CN)C(=O)c1cc(S(N)(=O)=O)ccc1N1CCOCC1. The van der Waals surface area contributed by atoms with Gasteiger partial charge in [-0.25, -0.2) is 13.6 Å². The van der Waals surface area contributed by atoms with Crippen LogP contribution in [0, 0.1) is 5.41 Å². The summed E-state index contributed by atoms with van der Waals surface area (Å²) in [6, 6.07) is 4.43. The number of morpholine rings is 1. The van der Waals surface area contributed by atoms with Crippen LogP contribution < -0.4 is 15.8 Å². The zero-order chi connectivity index (χ0) is 19.5. The molecular weight excluding hydrogens is 356 g/mol. The Morgan fingerprint density at radius 1 is 1.31 bits per heavy atom. The molecule has 0 unspecified atom stereocenters. The molecule has 0 radical (unpaired) electrons. The maximum Gasteiger partial charge on any atom is 0.255 e. The number of ether oxygens (including phenoxy) is 1. The highest BCUT2D eigenvalue weighted by Gasteiger charge is 2.26. The van der Waals surface area contributed by atoms with Crippen LogP contribution in [0.4, 0.5) is 5.69 Å². The molecular formula is C17H28N4O4S. The van der Waals surface area contributed by atoms with Gasteiger partial charge in [-0.3, -0.25) is 4.79 Å². The van der Waals surface area contributed by atoms with Gasteiger partial charge in [0, 0.05) is 32.4 Å². The first-order chi connectivity index (χ1) is 12.0. The fraction of sp³-hybridized carbons (Fsp3) is 0.588. The van der Waals surface area contributed by atoms with E-state index in [9.17, 15) is 13.2 Å². The number of nitrogens with zero attached hydrogens (tertiary/aromatic N) is 2. The standard InChI is InChI=1S/C17H28N4O4S/c1-17(2,11-18)12-20(3)16(22)14-10-13(26(19,23)24)4-5-15(14)21-6-8-25-9-7-21/h4-5,10H,6-9,11-12,18H2,1-3H3,(H2,19,23,24). The number of hydrogen-bond donors (Lipinski definition) is 2. The number of rotatable bonds is 6. The van der Waals surface area contributed by atoms with Crippen LogP contribution in [0.1, 0.15) is 24.2 Å². The maximum absolute atomic E-state index is 13.1. The Kier molecular flexibility index (Phi) is 6.28. The second kappa shape index (κ2) is 7.91. The lowest BCUT2D eigenvalue weighted by Crippen LogP contribution is -2.41. The van der Waals surface area contributed by atoms with E-state index in [0.717, 1.165) is 0 Å². The molecule has 1 aromatic carbocycles. The Labute approximate surface area is 155 Å². The van der Waals surface area contributed by atoms with Gasteiger partial charge in [0.05, 0.1) is 23.7 Å². The van der Waals surface area contributed by atoms with Crippen molar-refractivity contribution in [3.63, 3.8) is 0 Å². The second-order valence-electron chi connectivity index (χ2n) is 7.35. The molecule has 26 heavy (non-hydrogen) atoms. The second-order valence-corrected chi connectivity index (χ2v) is 8.91. The highest BCUT2D eigenvalue weighted by atomic mass is 32.2. The predicted molar refractivity (Wildman–Crippen MR) is 101 cm³/mol. The molecule has 0 spiro atoms. The molecule has 8 nitrogen and oxygen atoms in total. The van der Waals surface area contributed by atoms with E-state index >= 15 is 0 Å². The van der Waals surface area contributed by atoms with E-state index < -0.39 is 10.0 Å². The van der Waals surface area contributed by atoms with Crippen molar-refractivity contribution in [2.45, 2.75) is 18.7 Å². The van der Waals surface area contributed by atoms with Crippen molar-refractivity contribution < 1.29 is 17.9 Å². The predicted octanol–water partition coefficient (Wildman–Crippen LogP) is 0.228. The molecule has 1 amide bonds. The minimum Gasteiger partial charge on any atom is -0.378 e. The molecule has 1 fully saturated rings. The smallest absolute Gasteiger partial charge is 0.255 e. The van der Waals surface area contributed by atoms with Gasteiger partial charge in [0.2, 0.25) is 10.0 Å². The number of primary sulfonamides is 1. The molecule has 0 bridgehead atoms. The summed E-state index contributed by atoms with van der Waals surface area (Å²) in [6.45, 7) is 7.20. The Morgan fingerprint density at radius 2 is 1.92 bits per heavy atom. The third-order valence-corrected chi connectivity index (χ3v) is 5.35. The van der Waals surface area contributed by atoms with E-state index in [1.54, 1.807) is 18.0 Å². The molecule has 1 aliphatic rings. The van der Waals surface area contributed by atoms with Crippen LogP contribution in [-0.2, 0) is 14.8 Å². The molecule has 1 aromatic rings. The van der Waals surface area contributed by atoms with Gasteiger partial charge < -0.3 is 20.3 Å². The highest BCUT2D eigenvalue weighted by molar-refractivity contribution is 7.89. The van der Waals surface area contributed by atoms with Crippen LogP contribution in [0.15, 0.2) is 23.1 Å². The van der Waals surface area contributed by atoms with Crippen LogP contribution in [-0.4, -0.2) is 65.7 Å². The number of benzene rings is 1. The third-order valence-electron chi connectivity index (χ3n) is 4.44. The van der Waals surface area contributed by atoms with Gasteiger partial charge in [-0.05, 0) is 30.2 Å². The Balaban J connectivity index is 2.43. The first-order valence-corrected chi connectivity index (χ1v) is 10.0. The van der Waals surface area contributed by atoms with Crippen LogP contribution in [0.25, 0.3) is 0 Å². The van der Waals surface area contributed by atoms with Gasteiger partial charge in [-0.15, -0.1) is 0 Å². The van der Waals surface area contributed by atoms with Gasteiger partial charge in [-0.1, -0.05) is 13.8 Å². The molecule has 0 saturated carbocycles. The van der Waals surface area contributed by atoms with Gasteiger partial charge in [0.1, 0.15) is 0 Å². The molecule has 146 valence electrons. The fourth-order valence-electron chi connectivity index (χ4n) is 2.93. The Bertz CT molecular complexity index is 758. The molecule has 0 atom stereocenters. The average Bonchev–Trinajstić information content (AvgIpc) is 2.60. The van der Waals surface area contributed by atoms with Crippen LogP contribution in [0.2, 0.25) is 0 Å². The average molecular weight is 385 g/mol. The van der Waals surface area contributed by atoms with Gasteiger partial charge in [0.25, 0.3) is 5.91 Å². The molecule has 2 rings (SSSR count). The number of anilines is 1. The highest BCUT2D eigenvalue weighted by Crippen LogP contribution is 2.27. The van der Waals surface area contributed by atoms with E-state index in [0.29, 0.717) is 50.6 Å². The van der Waals surface area contributed by atoms with Crippen molar-refractivity contribution in [2.75, 3.05) is 51.3 Å². The van der Waals surface area contributed by atoms with Crippen LogP contribution in [0.5, 0.6) is 0 Å². The van der Waals surface area contributed by atoms with E-state index in [2.05, 4.69) is 0 Å². The Hall–Kier alpha value is -1.68. The van der Waals surface area contributed by atoms with E-state index in [4.69, 9.17) is 15.6 Å². The molecule has 1 aliphatic heterocycles. The molecule has 0 aromatic heterocycles. The van der Waals surface area contributed by atoms with Gasteiger partial charge >= 0.3 is 0 Å². The van der Waals surface area contributed by atoms with Crippen LogP contribution in [0.3, 0.4) is 0 Å². The minimum absolute atomic E-state index is 0.0793. The van der Waals surface area contributed by atoms with Crippen LogP contribution >= 0.6 is 0 Å². The van der Waals surface area contributed by atoms with Crippen molar-refractivity contribution >= 4 is 21.6 Å². The number of sulfonamides is 1. The molecule has 9 heteroatoms. The summed E-state index contributed by atoms with van der Waals surface area (Å²) in [5, 5.41) is 5.25. The summed E-state index contributed by atoms with van der Waals surface area (Å²) >= 11 is 0. The van der Waals surface area contributed by atoms with E-state index in [1.807, 2.05) is 18.7 Å². The van der Waals surface area contributed by atoms with E-state index in [1.165, 1.54) is 12.1 Å². The summed E-state index contributed by atoms with van der Waals surface area (Å²) in [7, 11) is -2.22. The first-order valence-electron chi connectivity index (χ1n) is 8.50. The summed E-state index contributed by atoms with van der Waals surface area (Å²) < 4.78 is 28.8. The monoisotopic (exact) mass is 384 g/mol. The zero-order valence-electron chi connectivity index (χ0n) is 15.6. The third kappa shape index (κ3) is 4.94. The Morgan fingerprint density at radius 3 is 2.46 bits per heavy atom. The summed E-state index contributed by atoms with van der Waals surface area (Å²) in [5.74, 6) is -0.265. The number of carbonyl (C=O) groups is 1. The number of amides is 1. The summed E-state index contributed by atoms with van der Waals surface area (Å²) in [6.07, 6.45) is 0. The fourth-order valence-corrected chi connectivity index (χ4v) is 3.47. The molecule has 1 saturated heterocycles. The van der Waals surface area contributed by atoms with Crippen molar-refractivity contribution in [1.29, 1.82) is 0 Å². The van der Waals surface area contributed by atoms with Crippen molar-refractivity contribution in [1.82, 2.24) is 4.90 Å². The topological polar surface area (TPSA) is 119 Å². The van der Waals surface area contributed by atoms with Crippen molar-refractivity contribution in [3.8, 4) is 0 Å². The van der Waals surface area contributed by atoms with Crippen molar-refractivity contribution in [3.05, 3.63) is 23.8 Å². The summed E-state index contributed by atoms with van der Waals surface area (Å²) in [5.41, 5.74) is 6.51. The maximum atomic E-state index is 13.1. The number of nitrogens with two attached hydrogens (primary N) is 2. The number of hydrogen-bond acceptors (Lipinski definition) is 6. The lowest BCUT2D eigenvalue weighted by molar-refractivity contribution is 0.0739. The lowest BCUT2D eigenvalue weighted by atomic mass is 9.93. The summed E-state index contributed by atoms with van der Waals surface area (Å²) in [4.78, 5) is 16.6. The largest absolute Gasteiger partial charge is 0.378 e. The number of carbonyl (C=O) groups excluding carboxylic acids is 1. The van der Waals surface area contributed by atoms with Gasteiger partial charge in [0.15, 0.2) is 0 Å². The molecule has 1 heterocycles. The zero-order valence-corrected chi connectivity index (χ0v) is 16.4. The molecule has 4 N–H and O–H groups in total. The molecule has 0 aliphatic carbocycles. The van der Waals surface area contributed by atoms with Gasteiger partial charge in [-0.2, -0.15) is 0 Å². The van der Waals surface area contributed by atoms with Crippen molar-refractivity contribution in [2.24, 2.45) is 16.3 Å². The minimum atomic E-state index is -3.91. The first kappa shape index (κ1) is 20.6. The lowest BCUT2D eigenvalue weighted by Gasteiger charge is -2.33. The van der Waals surface area contributed by atoms with E-state index in [-0.39, 0.29) is 16.2 Å². The normalized spacial score (nSPS) is 15.8.